The second-order valence-corrected chi connectivity index (χ2v) is 6.39. The molecular formula is C17H17ClN5O+. The van der Waals surface area contributed by atoms with E-state index in [0.29, 0.717) is 17.4 Å². The van der Waals surface area contributed by atoms with Gasteiger partial charge in [0.05, 0.1) is 17.3 Å². The van der Waals surface area contributed by atoms with E-state index >= 15 is 0 Å². The number of rotatable bonds is 3. The van der Waals surface area contributed by atoms with Gasteiger partial charge in [0.2, 0.25) is 0 Å². The van der Waals surface area contributed by atoms with Gasteiger partial charge in [-0.3, -0.25) is 0 Å². The maximum atomic E-state index is 12.6. The van der Waals surface area contributed by atoms with Crippen molar-refractivity contribution in [1.29, 1.82) is 0 Å². The minimum absolute atomic E-state index is 0.269. The zero-order valence-electron chi connectivity index (χ0n) is 13.0. The summed E-state index contributed by atoms with van der Waals surface area (Å²) < 4.78 is 2.66. The van der Waals surface area contributed by atoms with Crippen LogP contribution in [-0.2, 0) is 19.6 Å². The normalized spacial score (nSPS) is 16.8. The van der Waals surface area contributed by atoms with Gasteiger partial charge in [-0.1, -0.05) is 48.0 Å². The highest BCUT2D eigenvalue weighted by molar-refractivity contribution is 6.32. The molecule has 2 heterocycles. The molecule has 7 heteroatoms. The van der Waals surface area contributed by atoms with Crippen molar-refractivity contribution in [3.8, 4) is 5.69 Å². The first-order chi connectivity index (χ1) is 11.7. The Morgan fingerprint density at radius 3 is 2.62 bits per heavy atom. The molecule has 122 valence electrons. The van der Waals surface area contributed by atoms with Crippen LogP contribution in [-0.4, -0.2) is 26.3 Å². The first-order valence-corrected chi connectivity index (χ1v) is 8.28. The summed E-state index contributed by atoms with van der Waals surface area (Å²) in [6, 6.07) is 15.6. The number of benzene rings is 2. The first-order valence-electron chi connectivity index (χ1n) is 7.90. The molecule has 1 atom stereocenters. The predicted octanol–water partition coefficient (Wildman–Crippen LogP) is 0.681. The van der Waals surface area contributed by atoms with E-state index in [0.717, 1.165) is 19.5 Å². The van der Waals surface area contributed by atoms with Crippen LogP contribution in [0.2, 0.25) is 5.02 Å². The highest BCUT2D eigenvalue weighted by Crippen LogP contribution is 2.16. The van der Waals surface area contributed by atoms with Gasteiger partial charge < -0.3 is 4.90 Å². The summed E-state index contributed by atoms with van der Waals surface area (Å²) in [7, 11) is 0. The number of aromatic nitrogens is 4. The van der Waals surface area contributed by atoms with Gasteiger partial charge in [-0.05, 0) is 28.1 Å². The van der Waals surface area contributed by atoms with Crippen LogP contribution in [0.5, 0.6) is 0 Å². The summed E-state index contributed by atoms with van der Waals surface area (Å²) in [5.41, 5.74) is 3.02. The number of hydrogen-bond donors (Lipinski definition) is 1. The number of quaternary nitrogens is 1. The second kappa shape index (κ2) is 6.22. The van der Waals surface area contributed by atoms with E-state index in [1.807, 2.05) is 12.1 Å². The lowest BCUT2D eigenvalue weighted by molar-refractivity contribution is -0.939. The van der Waals surface area contributed by atoms with Crippen molar-refractivity contribution in [2.45, 2.75) is 19.6 Å². The van der Waals surface area contributed by atoms with E-state index < -0.39 is 0 Å². The number of para-hydroxylation sites is 1. The molecule has 0 saturated carbocycles. The second-order valence-electron chi connectivity index (χ2n) is 5.98. The Bertz CT molecular complexity index is 932. The summed E-state index contributed by atoms with van der Waals surface area (Å²) in [6.45, 7) is 2.36. The van der Waals surface area contributed by atoms with Gasteiger partial charge >= 0.3 is 5.69 Å². The summed E-state index contributed by atoms with van der Waals surface area (Å²) in [5, 5.41) is 8.47. The van der Waals surface area contributed by atoms with Crippen LogP contribution in [0, 0.1) is 0 Å². The van der Waals surface area contributed by atoms with Crippen molar-refractivity contribution in [2.24, 2.45) is 0 Å². The standard InChI is InChI=1S/C17H16ClN5O/c18-15-7-3-4-8-16(15)23-17(24)22(19-20-23)12-21-10-9-13-5-1-2-6-14(13)11-21/h1-8H,9-12H2/p+1. The molecule has 0 saturated heterocycles. The van der Waals surface area contributed by atoms with Crippen LogP contribution in [0.25, 0.3) is 5.69 Å². The molecule has 1 unspecified atom stereocenters. The molecule has 1 aliphatic heterocycles. The van der Waals surface area contributed by atoms with Gasteiger partial charge in [0, 0.05) is 12.0 Å². The van der Waals surface area contributed by atoms with Crippen molar-refractivity contribution in [1.82, 2.24) is 19.8 Å². The number of halogens is 1. The van der Waals surface area contributed by atoms with E-state index in [1.54, 1.807) is 12.1 Å². The molecule has 1 aromatic heterocycles. The molecule has 4 rings (SSSR count). The third kappa shape index (κ3) is 2.74. The predicted molar refractivity (Wildman–Crippen MR) is 90.3 cm³/mol. The topological polar surface area (TPSA) is 57.1 Å². The van der Waals surface area contributed by atoms with E-state index in [-0.39, 0.29) is 5.69 Å². The molecule has 3 aromatic rings. The number of tetrazole rings is 1. The maximum absolute atomic E-state index is 12.6. The summed E-state index contributed by atoms with van der Waals surface area (Å²) in [6.07, 6.45) is 1.01. The van der Waals surface area contributed by atoms with Crippen LogP contribution < -0.4 is 10.6 Å². The Morgan fingerprint density at radius 1 is 1.04 bits per heavy atom. The highest BCUT2D eigenvalue weighted by Gasteiger charge is 2.21. The average molecular weight is 343 g/mol. The summed E-state index contributed by atoms with van der Waals surface area (Å²) in [5.74, 6) is 0. The molecule has 0 spiro atoms. The molecule has 0 aliphatic carbocycles. The summed E-state index contributed by atoms with van der Waals surface area (Å²) >= 11 is 6.15. The number of nitrogens with zero attached hydrogens (tertiary/aromatic N) is 4. The maximum Gasteiger partial charge on any atom is 0.373 e. The van der Waals surface area contributed by atoms with Crippen LogP contribution in [0.3, 0.4) is 0 Å². The molecule has 6 nitrogen and oxygen atoms in total. The average Bonchev–Trinajstić information content (AvgIpc) is 2.96. The van der Waals surface area contributed by atoms with Gasteiger partial charge in [-0.15, -0.1) is 4.68 Å². The smallest absolute Gasteiger partial charge is 0.312 e. The van der Waals surface area contributed by atoms with Crippen molar-refractivity contribution < 1.29 is 4.90 Å². The van der Waals surface area contributed by atoms with E-state index in [1.165, 1.54) is 25.4 Å². The first kappa shape index (κ1) is 15.1. The zero-order valence-corrected chi connectivity index (χ0v) is 13.8. The number of hydrogen-bond acceptors (Lipinski definition) is 3. The van der Waals surface area contributed by atoms with E-state index in [9.17, 15) is 4.79 Å². The van der Waals surface area contributed by atoms with Crippen LogP contribution >= 0.6 is 11.6 Å². The lowest BCUT2D eigenvalue weighted by Crippen LogP contribution is -3.11. The fourth-order valence-corrected chi connectivity index (χ4v) is 3.35. The Balaban J connectivity index is 1.57. The van der Waals surface area contributed by atoms with Crippen molar-refractivity contribution in [3.63, 3.8) is 0 Å². The number of fused-ring (bicyclic) bond motifs is 1. The molecule has 0 fully saturated rings. The fourth-order valence-electron chi connectivity index (χ4n) is 3.14. The Morgan fingerprint density at radius 2 is 1.79 bits per heavy atom. The Hall–Kier alpha value is -2.44. The lowest BCUT2D eigenvalue weighted by atomic mass is 10.0. The van der Waals surface area contributed by atoms with Crippen molar-refractivity contribution >= 4 is 11.6 Å². The van der Waals surface area contributed by atoms with Gasteiger partial charge in [0.15, 0.2) is 6.67 Å². The third-order valence-electron chi connectivity index (χ3n) is 4.40. The van der Waals surface area contributed by atoms with Gasteiger partial charge in [0.25, 0.3) is 0 Å². The largest absolute Gasteiger partial charge is 0.373 e. The van der Waals surface area contributed by atoms with Gasteiger partial charge in [0.1, 0.15) is 6.54 Å². The molecular weight excluding hydrogens is 326 g/mol. The third-order valence-corrected chi connectivity index (χ3v) is 4.72. The SMILES string of the molecule is O=c1n(C[NH+]2CCc3ccccc3C2)nnn1-c1ccccc1Cl. The quantitative estimate of drug-likeness (QED) is 0.761. The van der Waals surface area contributed by atoms with Crippen molar-refractivity contribution in [2.75, 3.05) is 6.54 Å². The van der Waals surface area contributed by atoms with Gasteiger partial charge in [-0.2, -0.15) is 4.68 Å². The zero-order chi connectivity index (χ0) is 16.5. The summed E-state index contributed by atoms with van der Waals surface area (Å²) in [4.78, 5) is 13.9. The monoisotopic (exact) mass is 342 g/mol. The molecule has 0 bridgehead atoms. The van der Waals surface area contributed by atoms with E-state index in [4.69, 9.17) is 11.6 Å². The van der Waals surface area contributed by atoms with Gasteiger partial charge in [-0.25, -0.2) is 4.79 Å². The minimum atomic E-state index is -0.269. The number of nitrogens with one attached hydrogen (secondary N) is 1. The van der Waals surface area contributed by atoms with Crippen LogP contribution in [0.4, 0.5) is 0 Å². The highest BCUT2D eigenvalue weighted by atomic mass is 35.5. The van der Waals surface area contributed by atoms with E-state index in [2.05, 4.69) is 34.7 Å². The van der Waals surface area contributed by atoms with Crippen LogP contribution in [0.15, 0.2) is 53.3 Å². The molecule has 2 aromatic carbocycles. The van der Waals surface area contributed by atoms with Crippen LogP contribution in [0.1, 0.15) is 11.1 Å². The van der Waals surface area contributed by atoms with Crippen molar-refractivity contribution in [3.05, 3.63) is 75.2 Å². The Kier molecular flexibility index (Phi) is 3.92. The lowest BCUT2D eigenvalue weighted by Gasteiger charge is -2.24. The molecule has 0 amide bonds. The molecule has 1 N–H and O–H groups in total. The minimum Gasteiger partial charge on any atom is -0.312 e. The molecule has 0 radical (unpaired) electrons. The molecule has 24 heavy (non-hydrogen) atoms. The fraction of sp³-hybridized carbons (Fsp3) is 0.235. The molecule has 1 aliphatic rings. The Labute approximate surface area is 143 Å².